The van der Waals surface area contributed by atoms with Gasteiger partial charge in [-0.25, -0.2) is 4.79 Å². The first-order valence-electron chi connectivity index (χ1n) is 7.96. The van der Waals surface area contributed by atoms with Gasteiger partial charge >= 0.3 is 6.09 Å². The Morgan fingerprint density at radius 3 is 1.91 bits per heavy atom. The summed E-state index contributed by atoms with van der Waals surface area (Å²) in [7, 11) is 0. The number of nitrogens with one attached hydrogen (secondary N) is 1. The molecule has 0 aromatic heterocycles. The van der Waals surface area contributed by atoms with E-state index in [1.54, 1.807) is 0 Å². The van der Waals surface area contributed by atoms with Crippen LogP contribution in [0, 0.1) is 5.92 Å². The number of carbonyl (C=O) groups is 1. The molecule has 0 bridgehead atoms. The second-order valence-corrected chi connectivity index (χ2v) is 6.70. The zero-order chi connectivity index (χ0) is 18.0. The molecular weight excluding hydrogens is 286 g/mol. The number of hydrogen-bond donors (Lipinski definition) is 4. The highest BCUT2D eigenvalue weighted by Gasteiger charge is 2.26. The third-order valence-corrected chi connectivity index (χ3v) is 2.52. The van der Waals surface area contributed by atoms with Crippen LogP contribution in [0.4, 0.5) is 4.79 Å². The molecule has 0 aromatic carbocycles. The molecule has 4 N–H and O–H groups in total. The number of carbonyl (C=O) groups excluding carboxylic acids is 1. The Kier molecular flexibility index (Phi) is 11.5. The summed E-state index contributed by atoms with van der Waals surface area (Å²) < 4.78 is 5.16. The minimum atomic E-state index is -1.50. The molecule has 1 fully saturated rings. The maximum absolute atomic E-state index is 11.4. The number of alkyl carbamates (subject to hydrolysis) is 1. The molecular formula is C16H35NO5. The zero-order valence-corrected chi connectivity index (χ0v) is 15.1. The number of ether oxygens (including phenoxy) is 1. The molecule has 134 valence electrons. The predicted octanol–water partition coefficient (Wildman–Crippen LogP) is 2.41. The predicted molar refractivity (Wildman–Crippen MR) is 87.4 cm³/mol. The topological polar surface area (TPSA) is 99.0 Å². The second-order valence-electron chi connectivity index (χ2n) is 6.70. The van der Waals surface area contributed by atoms with E-state index in [0.29, 0.717) is 5.92 Å². The third-order valence-electron chi connectivity index (χ3n) is 2.52. The van der Waals surface area contributed by atoms with Gasteiger partial charge in [-0.2, -0.15) is 0 Å². The van der Waals surface area contributed by atoms with Crippen molar-refractivity contribution < 1.29 is 24.9 Å². The molecule has 0 saturated heterocycles. The maximum Gasteiger partial charge on any atom is 0.407 e. The highest BCUT2D eigenvalue weighted by molar-refractivity contribution is 5.68. The second kappa shape index (κ2) is 10.8. The average Bonchev–Trinajstić information content (AvgIpc) is 2.74. The van der Waals surface area contributed by atoms with Crippen molar-refractivity contribution in [1.29, 1.82) is 0 Å². The summed E-state index contributed by atoms with van der Waals surface area (Å²) in [5, 5.41) is 27.9. The summed E-state index contributed by atoms with van der Waals surface area (Å²) in [4.78, 5) is 11.4. The van der Waals surface area contributed by atoms with E-state index in [2.05, 4.69) is 5.32 Å². The molecule has 0 aliphatic heterocycles. The normalized spacial score (nSPS) is 21.0. The summed E-state index contributed by atoms with van der Waals surface area (Å²) in [5.74, 6) is -1.16. The van der Waals surface area contributed by atoms with Crippen molar-refractivity contribution in [3.63, 3.8) is 0 Å². The van der Waals surface area contributed by atoms with Crippen molar-refractivity contribution in [3.05, 3.63) is 0 Å². The minimum absolute atomic E-state index is 0.164. The number of aliphatic hydroxyl groups excluding tert-OH is 1. The fraction of sp³-hybridized carbons (Fsp3) is 0.938. The van der Waals surface area contributed by atoms with E-state index in [-0.39, 0.29) is 18.7 Å². The third kappa shape index (κ3) is 17.2. The van der Waals surface area contributed by atoms with Crippen molar-refractivity contribution in [3.8, 4) is 0 Å². The van der Waals surface area contributed by atoms with Crippen LogP contribution in [0.5, 0.6) is 0 Å². The molecule has 1 aliphatic rings. The van der Waals surface area contributed by atoms with E-state index in [1.807, 2.05) is 34.6 Å². The van der Waals surface area contributed by atoms with Gasteiger partial charge in [-0.05, 0) is 59.8 Å². The van der Waals surface area contributed by atoms with Crippen molar-refractivity contribution in [2.24, 2.45) is 5.92 Å². The summed E-state index contributed by atoms with van der Waals surface area (Å²) in [5.41, 5.74) is -0.445. The Balaban J connectivity index is 0. The van der Waals surface area contributed by atoms with Crippen molar-refractivity contribution in [2.45, 2.75) is 85.2 Å². The van der Waals surface area contributed by atoms with Gasteiger partial charge in [0.2, 0.25) is 0 Å². The molecule has 2 unspecified atom stereocenters. The van der Waals surface area contributed by atoms with Crippen molar-refractivity contribution in [1.82, 2.24) is 5.32 Å². The van der Waals surface area contributed by atoms with Crippen LogP contribution >= 0.6 is 0 Å². The quantitative estimate of drug-likeness (QED) is 0.585. The van der Waals surface area contributed by atoms with Gasteiger partial charge in [0, 0.05) is 12.6 Å². The average molecular weight is 321 g/mol. The molecule has 0 aromatic rings. The molecule has 1 rings (SSSR count). The summed E-state index contributed by atoms with van der Waals surface area (Å²) in [6.45, 7) is 12.3. The van der Waals surface area contributed by atoms with Crippen molar-refractivity contribution in [2.75, 3.05) is 6.61 Å². The van der Waals surface area contributed by atoms with Gasteiger partial charge in [0.15, 0.2) is 5.79 Å². The Morgan fingerprint density at radius 2 is 1.59 bits per heavy atom. The van der Waals surface area contributed by atoms with Crippen LogP contribution in [0.2, 0.25) is 0 Å². The summed E-state index contributed by atoms with van der Waals surface area (Å²) >= 11 is 0. The smallest absolute Gasteiger partial charge is 0.407 e. The van der Waals surface area contributed by atoms with Crippen LogP contribution in [-0.2, 0) is 4.74 Å². The monoisotopic (exact) mass is 321 g/mol. The first kappa shape index (κ1) is 23.4. The lowest BCUT2D eigenvalue weighted by Crippen LogP contribution is -2.38. The molecule has 1 amide bonds. The van der Waals surface area contributed by atoms with E-state index in [1.165, 1.54) is 13.8 Å². The number of amides is 1. The van der Waals surface area contributed by atoms with Crippen LogP contribution in [0.15, 0.2) is 0 Å². The van der Waals surface area contributed by atoms with Crippen LogP contribution < -0.4 is 5.32 Å². The van der Waals surface area contributed by atoms with Gasteiger partial charge in [-0.3, -0.25) is 0 Å². The number of aliphatic hydroxyl groups is 3. The SMILES string of the molecule is CC.CC(C)(C)OC(=O)NC1CCC(CO)C1.CC(C)(O)O. The van der Waals surface area contributed by atoms with Gasteiger partial charge in [0.1, 0.15) is 5.60 Å². The van der Waals surface area contributed by atoms with Gasteiger partial charge < -0.3 is 25.4 Å². The minimum Gasteiger partial charge on any atom is -0.444 e. The lowest BCUT2D eigenvalue weighted by atomic mass is 10.1. The van der Waals surface area contributed by atoms with E-state index in [0.717, 1.165) is 19.3 Å². The van der Waals surface area contributed by atoms with E-state index >= 15 is 0 Å². The molecule has 2 atom stereocenters. The highest BCUT2D eigenvalue weighted by atomic mass is 16.6. The van der Waals surface area contributed by atoms with E-state index in [9.17, 15) is 4.79 Å². The zero-order valence-electron chi connectivity index (χ0n) is 15.1. The fourth-order valence-corrected chi connectivity index (χ4v) is 1.85. The molecule has 0 spiro atoms. The maximum atomic E-state index is 11.4. The van der Waals surface area contributed by atoms with Crippen LogP contribution in [0.25, 0.3) is 0 Å². The molecule has 0 heterocycles. The molecule has 6 nitrogen and oxygen atoms in total. The summed E-state index contributed by atoms with van der Waals surface area (Å²) in [6.07, 6.45) is 2.42. The standard InChI is InChI=1S/C11H21NO3.C3H8O2.C2H6/c1-11(2,3)15-10(14)12-9-5-4-8(6-9)7-13;1-3(2,4)5;1-2/h8-9,13H,4-7H2,1-3H3,(H,12,14);4-5H,1-2H3;1-2H3. The number of hydrogen-bond acceptors (Lipinski definition) is 5. The molecule has 22 heavy (non-hydrogen) atoms. The fourth-order valence-electron chi connectivity index (χ4n) is 1.85. The Labute approximate surface area is 134 Å². The Morgan fingerprint density at radius 1 is 1.14 bits per heavy atom. The summed E-state index contributed by atoms with van der Waals surface area (Å²) in [6, 6.07) is 0.164. The number of rotatable bonds is 2. The Bertz CT molecular complexity index is 288. The van der Waals surface area contributed by atoms with Crippen molar-refractivity contribution >= 4 is 6.09 Å². The van der Waals surface area contributed by atoms with Crippen LogP contribution in [0.1, 0.15) is 67.7 Å². The highest BCUT2D eigenvalue weighted by Crippen LogP contribution is 2.25. The lowest BCUT2D eigenvalue weighted by Gasteiger charge is -2.21. The largest absolute Gasteiger partial charge is 0.444 e. The van der Waals surface area contributed by atoms with Crippen LogP contribution in [-0.4, -0.2) is 45.4 Å². The first-order valence-corrected chi connectivity index (χ1v) is 7.96. The van der Waals surface area contributed by atoms with Gasteiger partial charge in [0.25, 0.3) is 0 Å². The molecule has 1 saturated carbocycles. The Hall–Kier alpha value is -0.850. The lowest BCUT2D eigenvalue weighted by molar-refractivity contribution is -0.127. The van der Waals surface area contributed by atoms with Gasteiger partial charge in [-0.15, -0.1) is 0 Å². The van der Waals surface area contributed by atoms with E-state index in [4.69, 9.17) is 20.1 Å². The van der Waals surface area contributed by atoms with Crippen LogP contribution in [0.3, 0.4) is 0 Å². The van der Waals surface area contributed by atoms with Gasteiger partial charge in [-0.1, -0.05) is 13.8 Å². The van der Waals surface area contributed by atoms with Gasteiger partial charge in [0.05, 0.1) is 0 Å². The first-order chi connectivity index (χ1) is 9.90. The molecule has 6 heteroatoms. The van der Waals surface area contributed by atoms with E-state index < -0.39 is 11.4 Å². The molecule has 0 radical (unpaired) electrons. The molecule has 1 aliphatic carbocycles.